The first-order valence-electron chi connectivity index (χ1n) is 5.67. The molecule has 18 heavy (non-hydrogen) atoms. The summed E-state index contributed by atoms with van der Waals surface area (Å²) in [6.07, 6.45) is 3.75. The van der Waals surface area contributed by atoms with Crippen molar-refractivity contribution in [2.45, 2.75) is 12.8 Å². The van der Waals surface area contributed by atoms with Gasteiger partial charge >= 0.3 is 0 Å². The fourth-order valence-electron chi connectivity index (χ4n) is 1.60. The van der Waals surface area contributed by atoms with Crippen LogP contribution in [-0.2, 0) is 0 Å². The number of hydrogen-bond donors (Lipinski definition) is 1. The minimum Gasteiger partial charge on any atom is -0.330 e. The van der Waals surface area contributed by atoms with Crippen LogP contribution in [0.5, 0.6) is 0 Å². The second kappa shape index (κ2) is 5.83. The lowest BCUT2D eigenvalue weighted by molar-refractivity contribution is -0.384. The van der Waals surface area contributed by atoms with Gasteiger partial charge in [0.05, 0.1) is 16.0 Å². The number of imidazole rings is 1. The molecule has 1 heterocycles. The third-order valence-electron chi connectivity index (χ3n) is 2.54. The van der Waals surface area contributed by atoms with E-state index >= 15 is 0 Å². The highest BCUT2D eigenvalue weighted by Gasteiger charge is 2.09. The van der Waals surface area contributed by atoms with Gasteiger partial charge in [-0.25, -0.2) is 4.98 Å². The highest BCUT2D eigenvalue weighted by Crippen LogP contribution is 2.23. The molecular formula is C11H14N4O2S. The first-order chi connectivity index (χ1) is 8.72. The summed E-state index contributed by atoms with van der Waals surface area (Å²) in [5.41, 5.74) is 7.05. The van der Waals surface area contributed by atoms with E-state index in [1.54, 1.807) is 24.3 Å². The molecule has 0 unspecified atom stereocenters. The predicted molar refractivity (Wildman–Crippen MR) is 72.5 cm³/mol. The molecular weight excluding hydrogens is 252 g/mol. The van der Waals surface area contributed by atoms with Crippen molar-refractivity contribution in [1.82, 2.24) is 8.96 Å². The number of benzene rings is 1. The van der Waals surface area contributed by atoms with Crippen molar-refractivity contribution in [1.29, 1.82) is 0 Å². The average molecular weight is 266 g/mol. The molecule has 0 bridgehead atoms. The molecule has 0 saturated heterocycles. The van der Waals surface area contributed by atoms with Crippen LogP contribution in [0.2, 0.25) is 0 Å². The maximum atomic E-state index is 10.6. The highest BCUT2D eigenvalue weighted by atomic mass is 32.2. The molecule has 0 atom stereocenters. The van der Waals surface area contributed by atoms with E-state index in [4.69, 9.17) is 5.73 Å². The molecule has 2 rings (SSSR count). The van der Waals surface area contributed by atoms with Crippen LogP contribution in [0.3, 0.4) is 0 Å². The molecule has 2 N–H and O–H groups in total. The molecule has 0 saturated carbocycles. The SMILES string of the molecule is NCCCCSn1cnc2cc([N+](=O)[O-])ccc21. The number of unbranched alkanes of at least 4 members (excludes halogenated alkanes) is 1. The summed E-state index contributed by atoms with van der Waals surface area (Å²) in [7, 11) is 0. The van der Waals surface area contributed by atoms with Crippen molar-refractivity contribution in [2.75, 3.05) is 12.3 Å². The van der Waals surface area contributed by atoms with Crippen molar-refractivity contribution in [2.24, 2.45) is 5.73 Å². The molecule has 96 valence electrons. The fourth-order valence-corrected chi connectivity index (χ4v) is 2.54. The number of nitrogens with two attached hydrogens (primary N) is 1. The quantitative estimate of drug-likeness (QED) is 0.492. The lowest BCUT2D eigenvalue weighted by Gasteiger charge is -2.02. The Morgan fingerprint density at radius 2 is 2.28 bits per heavy atom. The van der Waals surface area contributed by atoms with Gasteiger partial charge < -0.3 is 5.73 Å². The van der Waals surface area contributed by atoms with Crippen molar-refractivity contribution >= 4 is 28.7 Å². The van der Waals surface area contributed by atoms with Gasteiger partial charge in [0.1, 0.15) is 6.33 Å². The van der Waals surface area contributed by atoms with Crippen LogP contribution >= 0.6 is 11.9 Å². The van der Waals surface area contributed by atoms with Crippen LogP contribution in [0.15, 0.2) is 24.5 Å². The standard InChI is InChI=1S/C11H14N4O2S/c12-5-1-2-6-18-14-8-13-10-7-9(15(16)17)3-4-11(10)14/h3-4,7-8H,1-2,5-6,12H2. The number of hydrogen-bond acceptors (Lipinski definition) is 5. The lowest BCUT2D eigenvalue weighted by atomic mass is 10.3. The van der Waals surface area contributed by atoms with Gasteiger partial charge in [0.2, 0.25) is 0 Å². The molecule has 0 fully saturated rings. The van der Waals surface area contributed by atoms with Crippen LogP contribution in [0.4, 0.5) is 5.69 Å². The van der Waals surface area contributed by atoms with Crippen molar-refractivity contribution in [3.8, 4) is 0 Å². The van der Waals surface area contributed by atoms with Gasteiger partial charge in [-0.3, -0.25) is 14.1 Å². The molecule has 6 nitrogen and oxygen atoms in total. The predicted octanol–water partition coefficient (Wildman–Crippen LogP) is 2.18. The van der Waals surface area contributed by atoms with E-state index in [0.717, 1.165) is 24.1 Å². The van der Waals surface area contributed by atoms with E-state index in [1.165, 1.54) is 12.1 Å². The van der Waals surface area contributed by atoms with Gasteiger partial charge in [-0.15, -0.1) is 0 Å². The molecule has 0 spiro atoms. The summed E-state index contributed by atoms with van der Waals surface area (Å²) < 4.78 is 1.94. The second-order valence-electron chi connectivity index (χ2n) is 3.83. The Hall–Kier alpha value is -1.60. The zero-order chi connectivity index (χ0) is 13.0. The summed E-state index contributed by atoms with van der Waals surface area (Å²) in [5.74, 6) is 0.958. The number of rotatable bonds is 6. The molecule has 2 aromatic rings. The maximum absolute atomic E-state index is 10.6. The topological polar surface area (TPSA) is 87.0 Å². The third-order valence-corrected chi connectivity index (χ3v) is 3.58. The first-order valence-corrected chi connectivity index (χ1v) is 6.61. The Balaban J connectivity index is 2.13. The van der Waals surface area contributed by atoms with Crippen molar-refractivity contribution in [3.63, 3.8) is 0 Å². The molecule has 7 heteroatoms. The molecule has 0 aliphatic carbocycles. The molecule has 1 aromatic carbocycles. The molecule has 1 aromatic heterocycles. The van der Waals surface area contributed by atoms with Crippen LogP contribution in [0.1, 0.15) is 12.8 Å². The lowest BCUT2D eigenvalue weighted by Crippen LogP contribution is -1.99. The molecule has 0 radical (unpaired) electrons. The summed E-state index contributed by atoms with van der Waals surface area (Å²) in [5, 5.41) is 10.6. The number of nitro benzene ring substituents is 1. The van der Waals surface area contributed by atoms with E-state index in [9.17, 15) is 10.1 Å². The van der Waals surface area contributed by atoms with Crippen LogP contribution in [0, 0.1) is 10.1 Å². The maximum Gasteiger partial charge on any atom is 0.271 e. The van der Waals surface area contributed by atoms with Gasteiger partial charge in [0.25, 0.3) is 5.69 Å². The van der Waals surface area contributed by atoms with Gasteiger partial charge in [-0.1, -0.05) is 0 Å². The Morgan fingerprint density at radius 3 is 3.00 bits per heavy atom. The highest BCUT2D eigenvalue weighted by molar-refractivity contribution is 7.97. The first kappa shape index (κ1) is 12.8. The van der Waals surface area contributed by atoms with Crippen LogP contribution < -0.4 is 5.73 Å². The number of nitrogens with zero attached hydrogens (tertiary/aromatic N) is 3. The van der Waals surface area contributed by atoms with Gasteiger partial charge in [-0.05, 0) is 37.4 Å². The van der Waals surface area contributed by atoms with Crippen molar-refractivity contribution < 1.29 is 4.92 Å². The monoisotopic (exact) mass is 266 g/mol. The number of aromatic nitrogens is 2. The Labute approximate surface area is 108 Å². The Kier molecular flexibility index (Phi) is 4.16. The minimum absolute atomic E-state index is 0.0703. The van der Waals surface area contributed by atoms with Crippen LogP contribution in [-0.4, -0.2) is 26.2 Å². The zero-order valence-corrected chi connectivity index (χ0v) is 10.6. The number of non-ortho nitro benzene ring substituents is 1. The molecule has 0 aliphatic heterocycles. The van der Waals surface area contributed by atoms with Gasteiger partial charge in [-0.2, -0.15) is 0 Å². The van der Waals surface area contributed by atoms with E-state index in [1.807, 2.05) is 3.97 Å². The Bertz CT molecular complexity index is 555. The van der Waals surface area contributed by atoms with Gasteiger partial charge in [0.15, 0.2) is 0 Å². The smallest absolute Gasteiger partial charge is 0.271 e. The second-order valence-corrected chi connectivity index (χ2v) is 4.89. The van der Waals surface area contributed by atoms with E-state index in [0.29, 0.717) is 12.1 Å². The normalized spacial score (nSPS) is 10.9. The number of fused-ring (bicyclic) bond motifs is 1. The molecule has 0 aliphatic rings. The zero-order valence-electron chi connectivity index (χ0n) is 9.78. The Morgan fingerprint density at radius 1 is 1.44 bits per heavy atom. The average Bonchev–Trinajstić information content (AvgIpc) is 2.77. The van der Waals surface area contributed by atoms with Crippen molar-refractivity contribution in [3.05, 3.63) is 34.6 Å². The number of nitro groups is 1. The van der Waals surface area contributed by atoms with Gasteiger partial charge in [0, 0.05) is 17.9 Å². The van der Waals surface area contributed by atoms with E-state index < -0.39 is 4.92 Å². The summed E-state index contributed by atoms with van der Waals surface area (Å²) >= 11 is 1.64. The van der Waals surface area contributed by atoms with E-state index in [-0.39, 0.29) is 5.69 Å². The van der Waals surface area contributed by atoms with E-state index in [2.05, 4.69) is 4.98 Å². The minimum atomic E-state index is -0.410. The summed E-state index contributed by atoms with van der Waals surface area (Å²) in [6, 6.07) is 4.73. The fraction of sp³-hybridized carbons (Fsp3) is 0.364. The molecule has 0 amide bonds. The summed E-state index contributed by atoms with van der Waals surface area (Å²) in [6.45, 7) is 0.706. The third kappa shape index (κ3) is 2.80. The van der Waals surface area contributed by atoms with Crippen LogP contribution in [0.25, 0.3) is 11.0 Å². The summed E-state index contributed by atoms with van der Waals surface area (Å²) in [4.78, 5) is 14.4. The largest absolute Gasteiger partial charge is 0.330 e.